The number of anilines is 1. The molecule has 49 heavy (non-hydrogen) atoms. The molecule has 0 bridgehead atoms. The standard InChI is InChI=1S/C38H35N3O6S2/c1-5-46-30-18-15-28(20-31(30)45-4)33-32(34(42)27-13-16-29(17-14-27)47-21-26-8-6-7-24(3)19-26)35(43)36(44)41(33)37-39-40-38(49-37)48-22-25-11-9-23(2)10-12-25/h6-20,33,42H,5,21-22H2,1-4H3. The number of rotatable bonds is 12. The Kier molecular flexibility index (Phi) is 10.3. The van der Waals surface area contributed by atoms with Crippen LogP contribution in [0.3, 0.4) is 0 Å². The maximum absolute atomic E-state index is 13.8. The molecule has 6 rings (SSSR count). The minimum Gasteiger partial charge on any atom is -0.507 e. The first-order valence-electron chi connectivity index (χ1n) is 15.7. The van der Waals surface area contributed by atoms with Crippen molar-refractivity contribution in [1.29, 1.82) is 0 Å². The monoisotopic (exact) mass is 693 g/mol. The second kappa shape index (κ2) is 15.0. The lowest BCUT2D eigenvalue weighted by Crippen LogP contribution is -2.29. The number of Topliss-reactive ketones (excluding diaryl/α,β-unsaturated/α-hetero) is 1. The van der Waals surface area contributed by atoms with Gasteiger partial charge in [0.25, 0.3) is 5.78 Å². The number of amides is 1. The van der Waals surface area contributed by atoms with Crippen LogP contribution in [0.1, 0.15) is 46.3 Å². The Bertz CT molecular complexity index is 2010. The summed E-state index contributed by atoms with van der Waals surface area (Å²) in [6, 6.07) is 27.2. The van der Waals surface area contributed by atoms with E-state index in [9.17, 15) is 14.7 Å². The van der Waals surface area contributed by atoms with Gasteiger partial charge in [-0.3, -0.25) is 14.5 Å². The van der Waals surface area contributed by atoms with Gasteiger partial charge in [0, 0.05) is 11.3 Å². The SMILES string of the molecule is CCOc1ccc(C2C(=C(O)c3ccc(OCc4cccc(C)c4)cc3)C(=O)C(=O)N2c2nnc(SCc3ccc(C)cc3)s2)cc1OC. The van der Waals surface area contributed by atoms with E-state index >= 15 is 0 Å². The fourth-order valence-corrected chi connectivity index (χ4v) is 7.32. The highest BCUT2D eigenvalue weighted by atomic mass is 32.2. The third-order valence-corrected chi connectivity index (χ3v) is 10.1. The van der Waals surface area contributed by atoms with Gasteiger partial charge in [-0.2, -0.15) is 0 Å². The molecular weight excluding hydrogens is 659 g/mol. The van der Waals surface area contributed by atoms with E-state index in [0.29, 0.717) is 51.7 Å². The third kappa shape index (κ3) is 7.48. The van der Waals surface area contributed by atoms with Gasteiger partial charge in [-0.1, -0.05) is 88.8 Å². The second-order valence-electron chi connectivity index (χ2n) is 11.4. The molecule has 1 saturated heterocycles. The highest BCUT2D eigenvalue weighted by Gasteiger charge is 2.48. The van der Waals surface area contributed by atoms with E-state index < -0.39 is 17.7 Å². The molecular formula is C38H35N3O6S2. The van der Waals surface area contributed by atoms with Gasteiger partial charge in [0.1, 0.15) is 18.1 Å². The maximum atomic E-state index is 13.8. The second-order valence-corrected chi connectivity index (χ2v) is 13.6. The molecule has 0 spiro atoms. The van der Waals surface area contributed by atoms with Gasteiger partial charge in [-0.25, -0.2) is 0 Å². The van der Waals surface area contributed by atoms with Crippen molar-refractivity contribution in [3.63, 3.8) is 0 Å². The molecule has 2 heterocycles. The van der Waals surface area contributed by atoms with E-state index in [1.54, 1.807) is 42.5 Å². The van der Waals surface area contributed by atoms with Crippen molar-refractivity contribution in [2.45, 2.75) is 43.5 Å². The Morgan fingerprint density at radius 3 is 2.37 bits per heavy atom. The molecule has 4 aromatic carbocycles. The Labute approximate surface area is 293 Å². The molecule has 1 unspecified atom stereocenters. The lowest BCUT2D eigenvalue weighted by molar-refractivity contribution is -0.132. The van der Waals surface area contributed by atoms with Crippen molar-refractivity contribution in [3.8, 4) is 17.2 Å². The van der Waals surface area contributed by atoms with Gasteiger partial charge in [-0.15, -0.1) is 10.2 Å². The van der Waals surface area contributed by atoms with E-state index in [0.717, 1.165) is 16.7 Å². The maximum Gasteiger partial charge on any atom is 0.301 e. The highest BCUT2D eigenvalue weighted by Crippen LogP contribution is 2.45. The molecule has 1 aromatic heterocycles. The van der Waals surface area contributed by atoms with Crippen molar-refractivity contribution in [2.75, 3.05) is 18.6 Å². The number of thioether (sulfide) groups is 1. The van der Waals surface area contributed by atoms with E-state index in [1.165, 1.54) is 40.7 Å². The summed E-state index contributed by atoms with van der Waals surface area (Å²) in [5, 5.41) is 20.6. The number of carbonyl (C=O) groups excluding carboxylic acids is 2. The smallest absolute Gasteiger partial charge is 0.301 e. The zero-order chi connectivity index (χ0) is 34.5. The van der Waals surface area contributed by atoms with Crippen LogP contribution in [0, 0.1) is 13.8 Å². The predicted molar refractivity (Wildman–Crippen MR) is 192 cm³/mol. The highest BCUT2D eigenvalue weighted by molar-refractivity contribution is 8.00. The summed E-state index contributed by atoms with van der Waals surface area (Å²) in [6.07, 6.45) is 0. The number of hydrogen-bond acceptors (Lipinski definition) is 10. The Hall–Kier alpha value is -5.13. The molecule has 0 radical (unpaired) electrons. The van der Waals surface area contributed by atoms with Crippen LogP contribution in [-0.4, -0.2) is 40.7 Å². The minimum absolute atomic E-state index is 0.0753. The number of ether oxygens (including phenoxy) is 3. The van der Waals surface area contributed by atoms with E-state index in [-0.39, 0.29) is 16.5 Å². The molecule has 1 fully saturated rings. The topological polar surface area (TPSA) is 111 Å². The number of carbonyl (C=O) groups is 2. The van der Waals surface area contributed by atoms with Crippen LogP contribution in [-0.2, 0) is 21.9 Å². The van der Waals surface area contributed by atoms with Crippen molar-refractivity contribution < 1.29 is 28.9 Å². The summed E-state index contributed by atoms with van der Waals surface area (Å²) in [6.45, 7) is 6.73. The molecule has 1 amide bonds. The van der Waals surface area contributed by atoms with Crippen LogP contribution >= 0.6 is 23.1 Å². The average Bonchev–Trinajstić information content (AvgIpc) is 3.68. The summed E-state index contributed by atoms with van der Waals surface area (Å²) in [7, 11) is 1.52. The van der Waals surface area contributed by atoms with Gasteiger partial charge in [0.05, 0.1) is 25.3 Å². The van der Waals surface area contributed by atoms with Gasteiger partial charge >= 0.3 is 5.91 Å². The molecule has 0 saturated carbocycles. The normalized spacial score (nSPS) is 15.4. The summed E-state index contributed by atoms with van der Waals surface area (Å²) in [5.74, 6) is 0.225. The number of ketones is 1. The third-order valence-electron chi connectivity index (χ3n) is 7.95. The molecule has 0 aliphatic carbocycles. The van der Waals surface area contributed by atoms with Gasteiger partial charge < -0.3 is 19.3 Å². The Morgan fingerprint density at radius 2 is 1.65 bits per heavy atom. The summed E-state index contributed by atoms with van der Waals surface area (Å²) in [5.41, 5.74) is 5.29. The largest absolute Gasteiger partial charge is 0.507 e. The first-order valence-corrected chi connectivity index (χ1v) is 17.5. The number of aliphatic hydroxyl groups is 1. The molecule has 1 N–H and O–H groups in total. The molecule has 1 aliphatic rings. The number of nitrogens with zero attached hydrogens (tertiary/aromatic N) is 3. The van der Waals surface area contributed by atoms with E-state index in [2.05, 4.69) is 40.5 Å². The first kappa shape index (κ1) is 33.8. The van der Waals surface area contributed by atoms with Crippen LogP contribution in [0.4, 0.5) is 5.13 Å². The fourth-order valence-electron chi connectivity index (χ4n) is 5.49. The summed E-state index contributed by atoms with van der Waals surface area (Å²) < 4.78 is 17.9. The number of hydrogen-bond donors (Lipinski definition) is 1. The molecule has 11 heteroatoms. The van der Waals surface area contributed by atoms with Gasteiger partial charge in [0.15, 0.2) is 15.8 Å². The van der Waals surface area contributed by atoms with Crippen molar-refractivity contribution in [3.05, 3.63) is 130 Å². The van der Waals surface area contributed by atoms with E-state index in [1.807, 2.05) is 39.0 Å². The molecule has 9 nitrogen and oxygen atoms in total. The quantitative estimate of drug-likeness (QED) is 0.0456. The summed E-state index contributed by atoms with van der Waals surface area (Å²) in [4.78, 5) is 28.8. The van der Waals surface area contributed by atoms with E-state index in [4.69, 9.17) is 14.2 Å². The zero-order valence-corrected chi connectivity index (χ0v) is 29.1. The van der Waals surface area contributed by atoms with Crippen LogP contribution in [0.5, 0.6) is 17.2 Å². The number of aliphatic hydroxyl groups excluding tert-OH is 1. The van der Waals surface area contributed by atoms with Gasteiger partial charge in [-0.05, 0) is 73.9 Å². The molecule has 250 valence electrons. The number of methoxy groups -OCH3 is 1. The molecule has 1 atom stereocenters. The van der Waals surface area contributed by atoms with Crippen LogP contribution in [0.2, 0.25) is 0 Å². The minimum atomic E-state index is -1.01. The van der Waals surface area contributed by atoms with Gasteiger partial charge in [0.2, 0.25) is 5.13 Å². The van der Waals surface area contributed by atoms with Crippen molar-refractivity contribution in [1.82, 2.24) is 10.2 Å². The zero-order valence-electron chi connectivity index (χ0n) is 27.5. The molecule has 5 aromatic rings. The first-order chi connectivity index (χ1) is 23.7. The summed E-state index contributed by atoms with van der Waals surface area (Å²) >= 11 is 2.70. The predicted octanol–water partition coefficient (Wildman–Crippen LogP) is 8.06. The number of aromatic nitrogens is 2. The Morgan fingerprint density at radius 1 is 0.878 bits per heavy atom. The lowest BCUT2D eigenvalue weighted by atomic mass is 9.95. The van der Waals surface area contributed by atoms with Crippen LogP contribution < -0.4 is 19.1 Å². The molecule has 1 aliphatic heterocycles. The van der Waals surface area contributed by atoms with Crippen LogP contribution in [0.15, 0.2) is 101 Å². The lowest BCUT2D eigenvalue weighted by Gasteiger charge is -2.23. The van der Waals surface area contributed by atoms with Crippen molar-refractivity contribution >= 4 is 45.7 Å². The van der Waals surface area contributed by atoms with Crippen LogP contribution in [0.25, 0.3) is 5.76 Å². The Balaban J connectivity index is 1.34. The fraction of sp³-hybridized carbons (Fsp3) is 0.211. The van der Waals surface area contributed by atoms with Crippen molar-refractivity contribution in [2.24, 2.45) is 0 Å². The average molecular weight is 694 g/mol. The number of aryl methyl sites for hydroxylation is 2. The number of benzene rings is 4.